The molecule has 0 saturated carbocycles. The summed E-state index contributed by atoms with van der Waals surface area (Å²) < 4.78 is 12.1. The molecular weight excluding hydrogens is 288 g/mol. The van der Waals surface area contributed by atoms with Crippen molar-refractivity contribution in [3.63, 3.8) is 0 Å². The number of hydrogen-bond donors (Lipinski definition) is 1. The molecule has 21 heavy (non-hydrogen) atoms. The van der Waals surface area contributed by atoms with Crippen LogP contribution in [0.3, 0.4) is 0 Å². The van der Waals surface area contributed by atoms with Crippen LogP contribution in [0.4, 0.5) is 0 Å². The largest absolute Gasteiger partial charge is 0.490 e. The lowest BCUT2D eigenvalue weighted by molar-refractivity contribution is -0.0960. The zero-order valence-corrected chi connectivity index (χ0v) is 12.9. The second kappa shape index (κ2) is 5.89. The van der Waals surface area contributed by atoms with Crippen LogP contribution >= 0.6 is 11.8 Å². The van der Waals surface area contributed by atoms with Crippen LogP contribution in [0.15, 0.2) is 18.2 Å². The maximum absolute atomic E-state index is 11.1. The van der Waals surface area contributed by atoms with Gasteiger partial charge in [-0.3, -0.25) is 0 Å². The topological polar surface area (TPSA) is 55.8 Å². The minimum atomic E-state index is -0.921. The van der Waals surface area contributed by atoms with Gasteiger partial charge in [0.2, 0.25) is 0 Å². The Kier molecular flexibility index (Phi) is 4.13. The van der Waals surface area contributed by atoms with Crippen LogP contribution in [0.1, 0.15) is 35.2 Å². The molecule has 2 aliphatic rings. The van der Waals surface area contributed by atoms with Gasteiger partial charge in [0.1, 0.15) is 11.9 Å². The number of carboxylic acid groups (broad SMARTS) is 1. The highest BCUT2D eigenvalue weighted by molar-refractivity contribution is 7.99. The number of benzene rings is 1. The molecule has 0 amide bonds. The highest BCUT2D eigenvalue weighted by atomic mass is 32.2. The standard InChI is InChI=1S/C16H20O4S/c1-11-2-3-12(15(17)18)8-14(11)20-13-4-6-19-16(9-13)5-7-21-10-16/h2-3,8,13H,4-7,9-10H2,1H3,(H,17,18). The highest BCUT2D eigenvalue weighted by Crippen LogP contribution is 2.39. The van der Waals surface area contributed by atoms with Crippen molar-refractivity contribution < 1.29 is 19.4 Å². The molecule has 0 aliphatic carbocycles. The predicted molar refractivity (Wildman–Crippen MR) is 82.4 cm³/mol. The Morgan fingerprint density at radius 2 is 2.38 bits per heavy atom. The first-order chi connectivity index (χ1) is 10.1. The summed E-state index contributed by atoms with van der Waals surface area (Å²) in [4.78, 5) is 11.1. The Balaban J connectivity index is 1.74. The number of aromatic carboxylic acids is 1. The fraction of sp³-hybridized carbons (Fsp3) is 0.562. The molecule has 2 aliphatic heterocycles. The van der Waals surface area contributed by atoms with E-state index in [4.69, 9.17) is 14.6 Å². The van der Waals surface area contributed by atoms with Crippen molar-refractivity contribution in [1.29, 1.82) is 0 Å². The van der Waals surface area contributed by atoms with E-state index in [0.29, 0.717) is 5.75 Å². The van der Waals surface area contributed by atoms with E-state index in [1.165, 1.54) is 0 Å². The van der Waals surface area contributed by atoms with E-state index in [2.05, 4.69) is 0 Å². The molecule has 4 nitrogen and oxygen atoms in total. The zero-order chi connectivity index (χ0) is 14.9. The van der Waals surface area contributed by atoms with Crippen molar-refractivity contribution in [2.75, 3.05) is 18.1 Å². The first kappa shape index (κ1) is 14.7. The highest BCUT2D eigenvalue weighted by Gasteiger charge is 2.41. The lowest BCUT2D eigenvalue weighted by atomic mass is 9.91. The molecule has 0 radical (unpaired) electrons. The summed E-state index contributed by atoms with van der Waals surface area (Å²) >= 11 is 1.94. The Morgan fingerprint density at radius 1 is 1.52 bits per heavy atom. The zero-order valence-electron chi connectivity index (χ0n) is 12.1. The predicted octanol–water partition coefficient (Wildman–Crippen LogP) is 3.13. The maximum atomic E-state index is 11.1. The molecule has 1 spiro atoms. The summed E-state index contributed by atoms with van der Waals surface area (Å²) in [5, 5.41) is 9.10. The van der Waals surface area contributed by atoms with Crippen LogP contribution in [0.5, 0.6) is 5.75 Å². The van der Waals surface area contributed by atoms with Crippen LogP contribution in [0, 0.1) is 6.92 Å². The lowest BCUT2D eigenvalue weighted by Crippen LogP contribution is -2.43. The maximum Gasteiger partial charge on any atom is 0.335 e. The minimum absolute atomic E-state index is 0.0219. The molecule has 1 aromatic carbocycles. The molecule has 1 aromatic rings. The van der Waals surface area contributed by atoms with Gasteiger partial charge in [-0.25, -0.2) is 4.79 Å². The minimum Gasteiger partial charge on any atom is -0.490 e. The third-order valence-electron chi connectivity index (χ3n) is 4.24. The SMILES string of the molecule is Cc1ccc(C(=O)O)cc1OC1CCOC2(CCSC2)C1. The Hall–Kier alpha value is -1.20. The van der Waals surface area contributed by atoms with Gasteiger partial charge < -0.3 is 14.6 Å². The van der Waals surface area contributed by atoms with Crippen molar-refractivity contribution in [1.82, 2.24) is 0 Å². The molecule has 2 saturated heterocycles. The molecule has 2 heterocycles. The van der Waals surface area contributed by atoms with Crippen LogP contribution in [0.25, 0.3) is 0 Å². The van der Waals surface area contributed by atoms with Crippen LogP contribution in [-0.4, -0.2) is 40.9 Å². The summed E-state index contributed by atoms with van der Waals surface area (Å²) in [5.74, 6) is 1.96. The molecule has 3 rings (SSSR count). The molecule has 2 fully saturated rings. The lowest BCUT2D eigenvalue weighted by Gasteiger charge is -2.37. The van der Waals surface area contributed by atoms with E-state index in [0.717, 1.165) is 42.9 Å². The number of carbonyl (C=O) groups is 1. The van der Waals surface area contributed by atoms with Crippen LogP contribution in [-0.2, 0) is 4.74 Å². The number of rotatable bonds is 3. The average molecular weight is 308 g/mol. The number of hydrogen-bond acceptors (Lipinski definition) is 4. The first-order valence-corrected chi connectivity index (χ1v) is 8.46. The normalized spacial score (nSPS) is 28.7. The van der Waals surface area contributed by atoms with Gasteiger partial charge in [-0.1, -0.05) is 6.07 Å². The molecule has 2 atom stereocenters. The second-order valence-electron chi connectivity index (χ2n) is 5.85. The van der Waals surface area contributed by atoms with Gasteiger partial charge in [-0.2, -0.15) is 11.8 Å². The molecule has 0 bridgehead atoms. The van der Waals surface area contributed by atoms with Crippen molar-refractivity contribution >= 4 is 17.7 Å². The van der Waals surface area contributed by atoms with Gasteiger partial charge in [0.25, 0.3) is 0 Å². The smallest absolute Gasteiger partial charge is 0.335 e. The molecule has 1 N–H and O–H groups in total. The molecular formula is C16H20O4S. The molecule has 5 heteroatoms. The summed E-state index contributed by atoms with van der Waals surface area (Å²) in [6, 6.07) is 5.05. The third kappa shape index (κ3) is 3.19. The van der Waals surface area contributed by atoms with Crippen molar-refractivity contribution in [2.24, 2.45) is 0 Å². The van der Waals surface area contributed by atoms with E-state index in [1.807, 2.05) is 18.7 Å². The van der Waals surface area contributed by atoms with Gasteiger partial charge >= 0.3 is 5.97 Å². The Morgan fingerprint density at radius 3 is 3.10 bits per heavy atom. The van der Waals surface area contributed by atoms with Gasteiger partial charge in [0.15, 0.2) is 0 Å². The number of thioether (sulfide) groups is 1. The fourth-order valence-corrected chi connectivity index (χ4v) is 4.36. The van der Waals surface area contributed by atoms with Gasteiger partial charge in [-0.15, -0.1) is 0 Å². The summed E-state index contributed by atoms with van der Waals surface area (Å²) in [7, 11) is 0. The second-order valence-corrected chi connectivity index (χ2v) is 6.96. The monoisotopic (exact) mass is 308 g/mol. The quantitative estimate of drug-likeness (QED) is 0.929. The third-order valence-corrected chi connectivity index (χ3v) is 5.47. The van der Waals surface area contributed by atoms with E-state index >= 15 is 0 Å². The van der Waals surface area contributed by atoms with E-state index in [9.17, 15) is 4.79 Å². The van der Waals surface area contributed by atoms with E-state index < -0.39 is 5.97 Å². The molecule has 2 unspecified atom stereocenters. The van der Waals surface area contributed by atoms with Gasteiger partial charge in [0, 0.05) is 18.6 Å². The van der Waals surface area contributed by atoms with Crippen molar-refractivity contribution in [3.8, 4) is 5.75 Å². The van der Waals surface area contributed by atoms with Crippen LogP contribution in [0.2, 0.25) is 0 Å². The average Bonchev–Trinajstić information content (AvgIpc) is 2.89. The Bertz CT molecular complexity index is 537. The molecule has 114 valence electrons. The van der Waals surface area contributed by atoms with Crippen molar-refractivity contribution in [2.45, 2.75) is 37.9 Å². The molecule has 0 aromatic heterocycles. The number of aryl methyl sites for hydroxylation is 1. The van der Waals surface area contributed by atoms with Gasteiger partial charge in [-0.05, 0) is 36.8 Å². The summed E-state index contributed by atoms with van der Waals surface area (Å²) in [6.07, 6.45) is 2.96. The first-order valence-electron chi connectivity index (χ1n) is 7.30. The van der Waals surface area contributed by atoms with E-state index in [-0.39, 0.29) is 17.3 Å². The number of carboxylic acids is 1. The summed E-state index contributed by atoms with van der Waals surface area (Å²) in [5.41, 5.74) is 1.22. The van der Waals surface area contributed by atoms with Gasteiger partial charge in [0.05, 0.1) is 17.8 Å². The van der Waals surface area contributed by atoms with E-state index in [1.54, 1.807) is 18.2 Å². The van der Waals surface area contributed by atoms with Crippen molar-refractivity contribution in [3.05, 3.63) is 29.3 Å². The fourth-order valence-electron chi connectivity index (χ4n) is 2.99. The Labute approximate surface area is 128 Å². The number of ether oxygens (including phenoxy) is 2. The summed E-state index contributed by atoms with van der Waals surface area (Å²) in [6.45, 7) is 2.67. The van der Waals surface area contributed by atoms with Crippen LogP contribution < -0.4 is 4.74 Å².